The largest absolute Gasteiger partial charge is 0.444 e. The molecule has 0 spiro atoms. The number of nitrogens with two attached hydrogens (primary N) is 3. The van der Waals surface area contributed by atoms with Crippen LogP contribution in [0.2, 0.25) is 0 Å². The minimum Gasteiger partial charge on any atom is -0.444 e. The van der Waals surface area contributed by atoms with Crippen LogP contribution in [0, 0.1) is 0 Å². The molecule has 2 saturated heterocycles. The molecule has 4 aliphatic heterocycles. The van der Waals surface area contributed by atoms with Gasteiger partial charge in [-0.25, -0.2) is 4.79 Å². The first kappa shape index (κ1) is 43.8. The minimum absolute atomic E-state index is 0.236. The van der Waals surface area contributed by atoms with E-state index in [1.54, 1.807) is 71.5 Å². The molecule has 0 saturated carbocycles. The number of ether oxygens (including phenoxy) is 1. The van der Waals surface area contributed by atoms with Crippen LogP contribution in [0.5, 0.6) is 0 Å². The maximum Gasteiger partial charge on any atom is 0.412 e. The van der Waals surface area contributed by atoms with E-state index in [0.29, 0.717) is 98.9 Å². The van der Waals surface area contributed by atoms with Gasteiger partial charge < -0.3 is 53.0 Å². The van der Waals surface area contributed by atoms with Gasteiger partial charge in [-0.1, -0.05) is 12.2 Å². The molecule has 0 atom stereocenters. The Bertz CT molecular complexity index is 2050. The number of nitrogens with zero attached hydrogens (tertiary/aromatic N) is 4. The molecule has 11 N–H and O–H groups in total. The lowest BCUT2D eigenvalue weighted by Crippen LogP contribution is -2.59. The van der Waals surface area contributed by atoms with Gasteiger partial charge in [-0.2, -0.15) is 0 Å². The summed E-state index contributed by atoms with van der Waals surface area (Å²) >= 11 is 0. The number of hydrogen-bond acceptors (Lipinski definition) is 13. The highest BCUT2D eigenvalue weighted by molar-refractivity contribution is 6.44. The van der Waals surface area contributed by atoms with Crippen molar-refractivity contribution in [2.24, 2.45) is 21.5 Å². The number of nitrogen functional groups attached to an aromatic ring is 1. The summed E-state index contributed by atoms with van der Waals surface area (Å²) in [7, 11) is 3.49. The van der Waals surface area contributed by atoms with Crippen molar-refractivity contribution in [1.82, 2.24) is 10.6 Å². The first-order valence-electron chi connectivity index (χ1n) is 19.6. The molecule has 0 bridgehead atoms. The average Bonchev–Trinajstić information content (AvgIpc) is 3.94. The van der Waals surface area contributed by atoms with Gasteiger partial charge in [0.05, 0.1) is 22.7 Å². The normalized spacial score (nSPS) is 17.8. The SMILES string of the molecule is CNC1(C(N)=O)CCN(c2ccc(N)cc2NC(=O)C2=NC=CC2)CC1.CNC1(C(N)=O)CCN(c2ccc(NC(=O)OC(C)(C)C)cc2NC(=O)C2=NC=CC2)CC1. The van der Waals surface area contributed by atoms with Crippen molar-refractivity contribution in [3.8, 4) is 0 Å². The minimum atomic E-state index is -0.748. The number of primary amides is 2. The molecule has 18 nitrogen and oxygen atoms in total. The molecule has 316 valence electrons. The highest BCUT2D eigenvalue weighted by atomic mass is 16.6. The summed E-state index contributed by atoms with van der Waals surface area (Å²) < 4.78 is 5.32. The zero-order valence-electron chi connectivity index (χ0n) is 34.3. The van der Waals surface area contributed by atoms with E-state index in [2.05, 4.69) is 46.4 Å². The molecule has 59 heavy (non-hydrogen) atoms. The number of aliphatic imine (C=N–C) groups is 2. The molecular formula is C41H56N12O6. The quantitative estimate of drug-likeness (QED) is 0.153. The lowest BCUT2D eigenvalue weighted by atomic mass is 9.86. The zero-order valence-corrected chi connectivity index (χ0v) is 34.3. The number of anilines is 6. The van der Waals surface area contributed by atoms with Crippen molar-refractivity contribution in [1.29, 1.82) is 0 Å². The third-order valence-electron chi connectivity index (χ3n) is 10.8. The molecule has 4 heterocycles. The maximum absolute atomic E-state index is 12.7. The number of allylic oxidation sites excluding steroid dienone is 2. The molecule has 18 heteroatoms. The van der Waals surface area contributed by atoms with Crippen LogP contribution >= 0.6 is 0 Å². The van der Waals surface area contributed by atoms with Crippen LogP contribution in [0.15, 0.2) is 70.9 Å². The van der Waals surface area contributed by atoms with Crippen molar-refractivity contribution in [2.75, 3.05) is 71.8 Å². The van der Waals surface area contributed by atoms with Gasteiger partial charge in [0.1, 0.15) is 28.1 Å². The number of piperidine rings is 2. The Morgan fingerprint density at radius 2 is 1.12 bits per heavy atom. The van der Waals surface area contributed by atoms with Gasteiger partial charge >= 0.3 is 6.09 Å². The molecule has 0 radical (unpaired) electrons. The fourth-order valence-corrected chi connectivity index (χ4v) is 7.25. The summed E-state index contributed by atoms with van der Waals surface area (Å²) in [5.74, 6) is -1.26. The fraction of sp³-hybridized carbons (Fsp3) is 0.439. The van der Waals surface area contributed by atoms with Crippen LogP contribution in [0.25, 0.3) is 0 Å². The third kappa shape index (κ3) is 10.8. The molecule has 0 unspecified atom stereocenters. The van der Waals surface area contributed by atoms with Crippen LogP contribution in [-0.4, -0.2) is 98.1 Å². The zero-order chi connectivity index (χ0) is 43.0. The van der Waals surface area contributed by atoms with Crippen molar-refractivity contribution in [2.45, 2.75) is 76.0 Å². The smallest absolute Gasteiger partial charge is 0.412 e. The van der Waals surface area contributed by atoms with Gasteiger partial charge in [0.25, 0.3) is 11.8 Å². The van der Waals surface area contributed by atoms with E-state index in [9.17, 15) is 24.0 Å². The second kappa shape index (κ2) is 18.5. The van der Waals surface area contributed by atoms with Crippen LogP contribution in [0.3, 0.4) is 0 Å². The summed E-state index contributed by atoms with van der Waals surface area (Å²) in [5.41, 5.74) is 19.8. The average molecular weight is 813 g/mol. The molecule has 2 fully saturated rings. The number of benzene rings is 2. The first-order chi connectivity index (χ1) is 28.0. The molecule has 0 aromatic heterocycles. The lowest BCUT2D eigenvalue weighted by Gasteiger charge is -2.41. The van der Waals surface area contributed by atoms with Gasteiger partial charge in [-0.3, -0.25) is 34.5 Å². The van der Waals surface area contributed by atoms with E-state index >= 15 is 0 Å². The molecular weight excluding hydrogens is 757 g/mol. The summed E-state index contributed by atoms with van der Waals surface area (Å²) in [6.07, 6.45) is 9.50. The van der Waals surface area contributed by atoms with Gasteiger partial charge in [-0.05, 0) is 96.9 Å². The number of nitrogens with one attached hydrogen (secondary N) is 5. The number of rotatable bonds is 11. The molecule has 6 rings (SSSR count). The Kier molecular flexibility index (Phi) is 13.8. The number of carbonyl (C=O) groups excluding carboxylic acids is 5. The third-order valence-corrected chi connectivity index (χ3v) is 10.8. The van der Waals surface area contributed by atoms with Gasteiger partial charge in [0.2, 0.25) is 11.8 Å². The number of likely N-dealkylation sites (N-methyl/N-ethyl adjacent to an activating group) is 2. The van der Waals surface area contributed by atoms with Crippen LogP contribution < -0.4 is 53.6 Å². The Hall–Kier alpha value is -6.27. The number of amides is 5. The van der Waals surface area contributed by atoms with Crippen LogP contribution in [0.4, 0.5) is 38.9 Å². The molecule has 2 aromatic carbocycles. The standard InChI is InChI=1S/C23H32N6O4.C18H24N6O2/c1-22(2,3)33-21(32)27-15-7-8-18(17(14-15)28-19(30)16-6-5-11-26-16)29-12-9-23(25-4,10-13-29)20(24)31;1-21-18(17(20)26)6-9-24(10-7-18)15-5-4-12(19)11-14(15)23-16(25)13-3-2-8-22-13/h5,7-8,11,14,25H,6,9-10,12-13H2,1-4H3,(H2,24,31)(H,27,32)(H,28,30);2,4-5,8,11,21H,3,6-7,9-10,19H2,1H3,(H2,20,26)(H,23,25). The second-order valence-corrected chi connectivity index (χ2v) is 15.7. The van der Waals surface area contributed by atoms with E-state index in [1.807, 2.05) is 24.3 Å². The van der Waals surface area contributed by atoms with E-state index in [0.717, 1.165) is 11.4 Å². The summed E-state index contributed by atoms with van der Waals surface area (Å²) in [6, 6.07) is 10.7. The van der Waals surface area contributed by atoms with Crippen LogP contribution in [-0.2, 0) is 23.9 Å². The number of hydrogen-bond donors (Lipinski definition) is 8. The number of carbonyl (C=O) groups is 5. The van der Waals surface area contributed by atoms with Gasteiger partial charge in [0.15, 0.2) is 0 Å². The summed E-state index contributed by atoms with van der Waals surface area (Å²) in [6.45, 7) is 7.75. The van der Waals surface area contributed by atoms with E-state index in [-0.39, 0.29) is 23.6 Å². The highest BCUT2D eigenvalue weighted by Gasteiger charge is 2.40. The maximum atomic E-state index is 12.7. The Morgan fingerprint density at radius 1 is 0.678 bits per heavy atom. The van der Waals surface area contributed by atoms with Crippen molar-refractivity contribution >= 4 is 75.3 Å². The van der Waals surface area contributed by atoms with Gasteiger partial charge in [0, 0.05) is 62.8 Å². The summed E-state index contributed by atoms with van der Waals surface area (Å²) in [4.78, 5) is 73.5. The van der Waals surface area contributed by atoms with Crippen molar-refractivity contribution in [3.63, 3.8) is 0 Å². The van der Waals surface area contributed by atoms with E-state index in [4.69, 9.17) is 21.9 Å². The van der Waals surface area contributed by atoms with Gasteiger partial charge in [-0.15, -0.1) is 0 Å². The fourth-order valence-electron chi connectivity index (χ4n) is 7.25. The van der Waals surface area contributed by atoms with Crippen LogP contribution in [0.1, 0.15) is 59.3 Å². The Morgan fingerprint density at radius 3 is 1.51 bits per heavy atom. The van der Waals surface area contributed by atoms with Crippen molar-refractivity contribution in [3.05, 3.63) is 61.0 Å². The monoisotopic (exact) mass is 812 g/mol. The highest BCUT2D eigenvalue weighted by Crippen LogP contribution is 2.35. The predicted molar refractivity (Wildman–Crippen MR) is 232 cm³/mol. The molecule has 0 aliphatic carbocycles. The second-order valence-electron chi connectivity index (χ2n) is 15.7. The predicted octanol–water partition coefficient (Wildman–Crippen LogP) is 2.98. The lowest BCUT2D eigenvalue weighted by molar-refractivity contribution is -0.125. The van der Waals surface area contributed by atoms with E-state index in [1.165, 1.54) is 0 Å². The molecule has 2 aromatic rings. The van der Waals surface area contributed by atoms with E-state index < -0.39 is 22.8 Å². The van der Waals surface area contributed by atoms with Crippen molar-refractivity contribution < 1.29 is 28.7 Å². The molecule has 5 amide bonds. The Balaban J connectivity index is 0.000000230. The molecule has 4 aliphatic rings. The topological polar surface area (TPSA) is 264 Å². The summed E-state index contributed by atoms with van der Waals surface area (Å²) in [5, 5.41) is 14.7. The first-order valence-corrected chi connectivity index (χ1v) is 19.6. The Labute approximate surface area is 344 Å².